The van der Waals surface area contributed by atoms with Gasteiger partial charge < -0.3 is 15.1 Å². The smallest absolute Gasteiger partial charge is 0.316 e. The third kappa shape index (κ3) is 6.48. The first-order chi connectivity index (χ1) is 9.71. The van der Waals surface area contributed by atoms with E-state index in [2.05, 4.69) is 5.32 Å². The Labute approximate surface area is 122 Å². The zero-order valence-electron chi connectivity index (χ0n) is 12.4. The second-order valence-corrected chi connectivity index (χ2v) is 5.00. The Morgan fingerprint density at radius 2 is 1.95 bits per heavy atom. The Hall–Kier alpha value is -1.76. The van der Waals surface area contributed by atoms with E-state index >= 15 is 0 Å². The van der Waals surface area contributed by atoms with Gasteiger partial charge in [0.25, 0.3) is 0 Å². The van der Waals surface area contributed by atoms with Crippen molar-refractivity contribution in [1.29, 1.82) is 0 Å². The van der Waals surface area contributed by atoms with Gasteiger partial charge in [-0.05, 0) is 38.7 Å². The van der Waals surface area contributed by atoms with E-state index < -0.39 is 18.8 Å². The Bertz CT molecular complexity index is 475. The molecule has 0 radical (unpaired) electrons. The van der Waals surface area contributed by atoms with Crippen LogP contribution in [0.25, 0.3) is 0 Å². The van der Waals surface area contributed by atoms with Crippen LogP contribution < -0.4 is 5.32 Å². The standard InChI is InChI=1S/C14H20F3N3O/c1-4-20(10-14(15,16)17)13(21)18-12-7-5-6-11(8-12)9-19(2)3/h5-8H,4,9-10H2,1-3H3,(H,18,21). The second kappa shape index (κ2) is 7.31. The molecule has 0 heterocycles. The summed E-state index contributed by atoms with van der Waals surface area (Å²) in [6.07, 6.45) is -4.40. The molecule has 0 saturated carbocycles. The highest BCUT2D eigenvalue weighted by Gasteiger charge is 2.32. The third-order valence-electron chi connectivity index (χ3n) is 2.72. The fraction of sp³-hybridized carbons (Fsp3) is 0.500. The Kier molecular flexibility index (Phi) is 6.02. The van der Waals surface area contributed by atoms with Gasteiger partial charge in [0.15, 0.2) is 0 Å². The van der Waals surface area contributed by atoms with Crippen molar-refractivity contribution < 1.29 is 18.0 Å². The Balaban J connectivity index is 2.73. The van der Waals surface area contributed by atoms with E-state index in [-0.39, 0.29) is 6.54 Å². The van der Waals surface area contributed by atoms with Crippen LogP contribution in [-0.2, 0) is 6.54 Å². The summed E-state index contributed by atoms with van der Waals surface area (Å²) in [6.45, 7) is 0.924. The number of nitrogens with one attached hydrogen (secondary N) is 1. The molecule has 21 heavy (non-hydrogen) atoms. The maximum atomic E-state index is 12.4. The minimum absolute atomic E-state index is 0.0112. The largest absolute Gasteiger partial charge is 0.406 e. The summed E-state index contributed by atoms with van der Waals surface area (Å²) in [5.41, 5.74) is 1.46. The van der Waals surface area contributed by atoms with Crippen molar-refractivity contribution in [3.63, 3.8) is 0 Å². The maximum Gasteiger partial charge on any atom is 0.406 e. The number of urea groups is 1. The van der Waals surface area contributed by atoms with Gasteiger partial charge in [-0.25, -0.2) is 4.79 Å². The van der Waals surface area contributed by atoms with Crippen molar-refractivity contribution in [1.82, 2.24) is 9.80 Å². The molecule has 0 saturated heterocycles. The van der Waals surface area contributed by atoms with E-state index in [4.69, 9.17) is 0 Å². The van der Waals surface area contributed by atoms with E-state index in [9.17, 15) is 18.0 Å². The predicted octanol–water partition coefficient (Wildman–Crippen LogP) is 3.16. The average molecular weight is 303 g/mol. The molecule has 0 atom stereocenters. The molecule has 0 bridgehead atoms. The van der Waals surface area contributed by atoms with E-state index in [1.165, 1.54) is 6.92 Å². The zero-order valence-corrected chi connectivity index (χ0v) is 12.4. The van der Waals surface area contributed by atoms with Crippen LogP contribution in [0.5, 0.6) is 0 Å². The van der Waals surface area contributed by atoms with Crippen LogP contribution in [0.1, 0.15) is 12.5 Å². The van der Waals surface area contributed by atoms with Crippen molar-refractivity contribution in [3.05, 3.63) is 29.8 Å². The van der Waals surface area contributed by atoms with Gasteiger partial charge in [0.1, 0.15) is 6.54 Å². The summed E-state index contributed by atoms with van der Waals surface area (Å²) >= 11 is 0. The molecule has 1 rings (SSSR count). The molecule has 2 amide bonds. The number of alkyl halides is 3. The summed E-state index contributed by atoms with van der Waals surface area (Å²) < 4.78 is 37.1. The number of halogens is 3. The molecular weight excluding hydrogens is 283 g/mol. The van der Waals surface area contributed by atoms with Gasteiger partial charge in [-0.1, -0.05) is 12.1 Å². The lowest BCUT2D eigenvalue weighted by Crippen LogP contribution is -2.41. The number of benzene rings is 1. The molecule has 1 aromatic rings. The maximum absolute atomic E-state index is 12.4. The molecule has 0 aliphatic rings. The van der Waals surface area contributed by atoms with Crippen LogP contribution in [0, 0.1) is 0 Å². The first-order valence-corrected chi connectivity index (χ1v) is 6.57. The van der Waals surface area contributed by atoms with Crippen LogP contribution in [0.4, 0.5) is 23.7 Å². The fourth-order valence-electron chi connectivity index (χ4n) is 1.86. The second-order valence-electron chi connectivity index (χ2n) is 5.00. The molecule has 0 unspecified atom stereocenters. The van der Waals surface area contributed by atoms with E-state index in [1.54, 1.807) is 18.2 Å². The van der Waals surface area contributed by atoms with Crippen LogP contribution in [0.2, 0.25) is 0 Å². The van der Waals surface area contributed by atoms with E-state index in [0.29, 0.717) is 12.2 Å². The summed E-state index contributed by atoms with van der Waals surface area (Å²) in [7, 11) is 3.82. The topological polar surface area (TPSA) is 35.6 Å². The molecule has 0 spiro atoms. The molecule has 118 valence electrons. The van der Waals surface area contributed by atoms with Gasteiger partial charge in [-0.3, -0.25) is 0 Å². The van der Waals surface area contributed by atoms with Crippen LogP contribution in [-0.4, -0.2) is 49.2 Å². The first-order valence-electron chi connectivity index (χ1n) is 6.57. The number of amides is 2. The van der Waals surface area contributed by atoms with E-state index in [1.807, 2.05) is 25.1 Å². The number of hydrogen-bond donors (Lipinski definition) is 1. The van der Waals surface area contributed by atoms with Gasteiger partial charge >= 0.3 is 12.2 Å². The van der Waals surface area contributed by atoms with Crippen molar-refractivity contribution in [2.24, 2.45) is 0 Å². The normalized spacial score (nSPS) is 11.6. The highest BCUT2D eigenvalue weighted by Crippen LogP contribution is 2.18. The summed E-state index contributed by atoms with van der Waals surface area (Å²) in [4.78, 5) is 14.5. The summed E-state index contributed by atoms with van der Waals surface area (Å²) in [6, 6.07) is 6.30. The minimum Gasteiger partial charge on any atom is -0.316 e. The van der Waals surface area contributed by atoms with Gasteiger partial charge in [0.05, 0.1) is 0 Å². The molecule has 1 N–H and O–H groups in total. The molecule has 1 aromatic carbocycles. The van der Waals surface area contributed by atoms with Crippen molar-refractivity contribution >= 4 is 11.7 Å². The number of anilines is 1. The van der Waals surface area contributed by atoms with Crippen LogP contribution >= 0.6 is 0 Å². The predicted molar refractivity (Wildman–Crippen MR) is 76.2 cm³/mol. The summed E-state index contributed by atoms with van der Waals surface area (Å²) in [5.74, 6) is 0. The van der Waals surface area contributed by atoms with Gasteiger partial charge in [-0.2, -0.15) is 13.2 Å². The number of carbonyl (C=O) groups excluding carboxylic acids is 1. The highest BCUT2D eigenvalue weighted by molar-refractivity contribution is 5.89. The number of rotatable bonds is 5. The lowest BCUT2D eigenvalue weighted by atomic mass is 10.2. The SMILES string of the molecule is CCN(CC(F)(F)F)C(=O)Nc1cccc(CN(C)C)c1. The minimum atomic E-state index is -4.40. The highest BCUT2D eigenvalue weighted by atomic mass is 19.4. The fourth-order valence-corrected chi connectivity index (χ4v) is 1.86. The lowest BCUT2D eigenvalue weighted by molar-refractivity contribution is -0.139. The van der Waals surface area contributed by atoms with Crippen LogP contribution in [0.15, 0.2) is 24.3 Å². The molecule has 0 aliphatic carbocycles. The first kappa shape index (κ1) is 17.3. The quantitative estimate of drug-likeness (QED) is 0.907. The van der Waals surface area contributed by atoms with Crippen molar-refractivity contribution in [2.75, 3.05) is 32.5 Å². The number of nitrogens with zero attached hydrogens (tertiary/aromatic N) is 2. The molecule has 4 nitrogen and oxygen atoms in total. The Morgan fingerprint density at radius 3 is 2.48 bits per heavy atom. The Morgan fingerprint density at radius 1 is 1.29 bits per heavy atom. The summed E-state index contributed by atoms with van der Waals surface area (Å²) in [5, 5.41) is 2.50. The number of hydrogen-bond acceptors (Lipinski definition) is 2. The molecule has 0 aromatic heterocycles. The lowest BCUT2D eigenvalue weighted by Gasteiger charge is -2.22. The van der Waals surface area contributed by atoms with Crippen molar-refractivity contribution in [3.8, 4) is 0 Å². The van der Waals surface area contributed by atoms with Gasteiger partial charge in [-0.15, -0.1) is 0 Å². The van der Waals surface area contributed by atoms with Gasteiger partial charge in [0, 0.05) is 18.8 Å². The van der Waals surface area contributed by atoms with Crippen molar-refractivity contribution in [2.45, 2.75) is 19.6 Å². The average Bonchev–Trinajstić information content (AvgIpc) is 2.34. The third-order valence-corrected chi connectivity index (χ3v) is 2.72. The van der Waals surface area contributed by atoms with Gasteiger partial charge in [0.2, 0.25) is 0 Å². The molecular formula is C14H20F3N3O. The molecule has 7 heteroatoms. The molecule has 0 aliphatic heterocycles. The zero-order chi connectivity index (χ0) is 16.0. The van der Waals surface area contributed by atoms with Crippen LogP contribution in [0.3, 0.4) is 0 Å². The van der Waals surface area contributed by atoms with E-state index in [0.717, 1.165) is 10.5 Å². The molecule has 0 fully saturated rings. The monoisotopic (exact) mass is 303 g/mol. The number of carbonyl (C=O) groups is 1.